The van der Waals surface area contributed by atoms with Crippen LogP contribution < -0.4 is 0 Å². The molecule has 0 heterocycles. The van der Waals surface area contributed by atoms with Gasteiger partial charge in [-0.25, -0.2) is 0 Å². The summed E-state index contributed by atoms with van der Waals surface area (Å²) in [5, 5.41) is 11.1. The van der Waals surface area contributed by atoms with Gasteiger partial charge in [-0.3, -0.25) is 0 Å². The second-order valence-corrected chi connectivity index (χ2v) is 28.6. The third kappa shape index (κ3) is 9.74. The highest BCUT2D eigenvalue weighted by molar-refractivity contribution is 6.74. The Labute approximate surface area is 294 Å². The van der Waals surface area contributed by atoms with Crippen molar-refractivity contribution in [1.29, 1.82) is 0 Å². The van der Waals surface area contributed by atoms with Gasteiger partial charge in [-0.05, 0) is 121 Å². The highest BCUT2D eigenvalue weighted by Gasteiger charge is 2.50. The summed E-state index contributed by atoms with van der Waals surface area (Å²) in [7, 11) is -3.92. The molecular formula is C42H76O3Si2. The second kappa shape index (κ2) is 15.7. The summed E-state index contributed by atoms with van der Waals surface area (Å²) in [5.41, 5.74) is 4.47. The third-order valence-electron chi connectivity index (χ3n) is 13.8. The number of hydrogen-bond donors (Lipinski definition) is 1. The van der Waals surface area contributed by atoms with Crippen LogP contribution in [0.15, 0.2) is 47.6 Å². The fraction of sp³-hybridized carbons (Fsp3) is 0.810. The molecule has 3 aliphatic carbocycles. The van der Waals surface area contributed by atoms with E-state index < -0.39 is 16.6 Å². The normalized spacial score (nSPS) is 31.3. The molecule has 0 radical (unpaired) electrons. The van der Waals surface area contributed by atoms with Crippen LogP contribution in [0.4, 0.5) is 0 Å². The molecule has 47 heavy (non-hydrogen) atoms. The minimum absolute atomic E-state index is 0.0180. The van der Waals surface area contributed by atoms with E-state index in [0.717, 1.165) is 32.1 Å². The molecular weight excluding hydrogens is 609 g/mol. The fourth-order valence-corrected chi connectivity index (χ4v) is 11.1. The van der Waals surface area contributed by atoms with Gasteiger partial charge in [-0.2, -0.15) is 0 Å². The van der Waals surface area contributed by atoms with Gasteiger partial charge in [0.05, 0.1) is 18.3 Å². The number of aliphatic hydroxyl groups is 1. The zero-order chi connectivity index (χ0) is 35.6. The van der Waals surface area contributed by atoms with Crippen molar-refractivity contribution in [2.75, 3.05) is 0 Å². The van der Waals surface area contributed by atoms with Crippen LogP contribution in [0.2, 0.25) is 36.3 Å². The molecule has 3 fully saturated rings. The highest BCUT2D eigenvalue weighted by Crippen LogP contribution is 2.59. The van der Waals surface area contributed by atoms with Gasteiger partial charge < -0.3 is 14.0 Å². The average molecular weight is 685 g/mol. The van der Waals surface area contributed by atoms with Crippen molar-refractivity contribution in [3.05, 3.63) is 47.6 Å². The molecule has 0 bridgehead atoms. The van der Waals surface area contributed by atoms with Gasteiger partial charge >= 0.3 is 0 Å². The summed E-state index contributed by atoms with van der Waals surface area (Å²) in [6.07, 6.45) is 20.6. The Kier molecular flexibility index (Phi) is 13.6. The first-order valence-electron chi connectivity index (χ1n) is 19.4. The molecule has 5 heteroatoms. The standard InChI is InChI=1S/C42H76O3Si2/c1-16-32(17-2)27-35(43)23-20-30(3)37-24-25-38-33(19-18-26-42(37,38)11)21-22-34-28-36(44-46(12,13)40(5,6)7)29-39(31(34)4)45-47(14,15)41(8,9)10/h20-23,30,32,35-39,43H,4,16-19,24-29H2,1-3,5-15H3/b23-20+,33-21+,34-22-/t30-,35+,36-,37-,38+,39+,42-/m1/s1. The van der Waals surface area contributed by atoms with E-state index in [1.54, 1.807) is 5.57 Å². The lowest BCUT2D eigenvalue weighted by atomic mass is 9.61. The second-order valence-electron chi connectivity index (χ2n) is 19.1. The largest absolute Gasteiger partial charge is 0.413 e. The van der Waals surface area contributed by atoms with E-state index in [0.29, 0.717) is 29.1 Å². The van der Waals surface area contributed by atoms with E-state index in [1.165, 1.54) is 43.3 Å². The number of aliphatic hydroxyl groups excluding tert-OH is 1. The van der Waals surface area contributed by atoms with Gasteiger partial charge in [0.1, 0.15) is 0 Å². The Morgan fingerprint density at radius 3 is 2.11 bits per heavy atom. The van der Waals surface area contributed by atoms with Crippen LogP contribution in [0.3, 0.4) is 0 Å². The first kappa shape index (κ1) is 40.7. The van der Waals surface area contributed by atoms with Crippen molar-refractivity contribution in [2.24, 2.45) is 29.1 Å². The maximum Gasteiger partial charge on any atom is 0.192 e. The Balaban J connectivity index is 1.86. The molecule has 0 aromatic rings. The molecule has 3 saturated carbocycles. The smallest absolute Gasteiger partial charge is 0.192 e. The van der Waals surface area contributed by atoms with Crippen LogP contribution in [0.5, 0.6) is 0 Å². The van der Waals surface area contributed by atoms with E-state index in [1.807, 2.05) is 0 Å². The van der Waals surface area contributed by atoms with Gasteiger partial charge in [0.15, 0.2) is 16.6 Å². The zero-order valence-electron chi connectivity index (χ0n) is 33.4. The van der Waals surface area contributed by atoms with E-state index >= 15 is 0 Å². The van der Waals surface area contributed by atoms with Crippen molar-refractivity contribution in [2.45, 2.75) is 188 Å². The maximum atomic E-state index is 10.7. The summed E-state index contributed by atoms with van der Waals surface area (Å²) in [4.78, 5) is 0. The predicted octanol–water partition coefficient (Wildman–Crippen LogP) is 12.6. The van der Waals surface area contributed by atoms with Crippen LogP contribution in [-0.4, -0.2) is 40.1 Å². The van der Waals surface area contributed by atoms with Gasteiger partial charge in [0.2, 0.25) is 0 Å². The van der Waals surface area contributed by atoms with Crippen LogP contribution in [0, 0.1) is 29.1 Å². The van der Waals surface area contributed by atoms with E-state index in [-0.39, 0.29) is 28.4 Å². The minimum Gasteiger partial charge on any atom is -0.413 e. The third-order valence-corrected chi connectivity index (χ3v) is 22.8. The molecule has 0 aromatic heterocycles. The van der Waals surface area contributed by atoms with E-state index in [2.05, 4.69) is 120 Å². The zero-order valence-corrected chi connectivity index (χ0v) is 35.4. The molecule has 0 aliphatic heterocycles. The lowest BCUT2D eigenvalue weighted by Gasteiger charge is -2.45. The quantitative estimate of drug-likeness (QED) is 0.164. The van der Waals surface area contributed by atoms with Crippen molar-refractivity contribution >= 4 is 16.6 Å². The van der Waals surface area contributed by atoms with Crippen molar-refractivity contribution in [3.8, 4) is 0 Å². The molecule has 0 unspecified atom stereocenters. The number of hydrogen-bond acceptors (Lipinski definition) is 3. The monoisotopic (exact) mass is 685 g/mol. The van der Waals surface area contributed by atoms with E-state index in [9.17, 15) is 5.11 Å². The fourth-order valence-electron chi connectivity index (χ4n) is 8.39. The Morgan fingerprint density at radius 2 is 1.53 bits per heavy atom. The van der Waals surface area contributed by atoms with Crippen LogP contribution in [0.25, 0.3) is 0 Å². The van der Waals surface area contributed by atoms with Crippen molar-refractivity contribution < 1.29 is 14.0 Å². The topological polar surface area (TPSA) is 38.7 Å². The molecule has 3 rings (SSSR count). The molecule has 0 saturated heterocycles. The van der Waals surface area contributed by atoms with Gasteiger partial charge in [0, 0.05) is 6.42 Å². The molecule has 0 spiro atoms. The summed E-state index contributed by atoms with van der Waals surface area (Å²) in [6.45, 7) is 37.7. The van der Waals surface area contributed by atoms with Crippen LogP contribution in [-0.2, 0) is 8.85 Å². The molecule has 270 valence electrons. The Morgan fingerprint density at radius 1 is 0.936 bits per heavy atom. The summed E-state index contributed by atoms with van der Waals surface area (Å²) < 4.78 is 14.2. The van der Waals surface area contributed by atoms with Gasteiger partial charge in [0.25, 0.3) is 0 Å². The average Bonchev–Trinajstić information content (AvgIpc) is 3.31. The Hall–Kier alpha value is -0.726. The highest BCUT2D eigenvalue weighted by atomic mass is 28.4. The van der Waals surface area contributed by atoms with Crippen molar-refractivity contribution in [1.82, 2.24) is 0 Å². The van der Waals surface area contributed by atoms with Crippen LogP contribution >= 0.6 is 0 Å². The summed E-state index contributed by atoms with van der Waals surface area (Å²) in [6, 6.07) is 0. The molecule has 3 nitrogen and oxygen atoms in total. The van der Waals surface area contributed by atoms with E-state index in [4.69, 9.17) is 15.4 Å². The minimum atomic E-state index is -1.99. The number of fused-ring (bicyclic) bond motifs is 1. The van der Waals surface area contributed by atoms with Crippen molar-refractivity contribution in [3.63, 3.8) is 0 Å². The molecule has 0 amide bonds. The van der Waals surface area contributed by atoms with Gasteiger partial charge in [-0.1, -0.05) is 119 Å². The molecule has 3 aliphatic rings. The molecule has 7 atom stereocenters. The predicted molar refractivity (Wildman–Crippen MR) is 210 cm³/mol. The summed E-state index contributed by atoms with van der Waals surface area (Å²) >= 11 is 0. The SMILES string of the molecule is C=C1/C(=C\C=C2/CCC[C@]3(C)[C@@H]([C@H](C)/C=C/[C@H](O)CC(CC)CC)CC[C@@H]23)C[C@@H](O[Si](C)(C)C(C)(C)C)C[C@@H]1O[Si](C)(C)C(C)(C)C. The lowest BCUT2D eigenvalue weighted by Crippen LogP contribution is -2.49. The number of allylic oxidation sites excluding steroid dienone is 4. The molecule has 0 aromatic carbocycles. The Bertz CT molecular complexity index is 1150. The first-order valence-corrected chi connectivity index (χ1v) is 25.2. The number of rotatable bonds is 12. The van der Waals surface area contributed by atoms with Crippen LogP contribution in [0.1, 0.15) is 133 Å². The molecule has 1 N–H and O–H groups in total. The van der Waals surface area contributed by atoms with Gasteiger partial charge in [-0.15, -0.1) is 0 Å². The lowest BCUT2D eigenvalue weighted by molar-refractivity contribution is 0.0969. The summed E-state index contributed by atoms with van der Waals surface area (Å²) in [5.74, 6) is 2.40. The maximum absolute atomic E-state index is 10.7. The first-order chi connectivity index (χ1) is 21.6.